The number of nitro groups is 1. The van der Waals surface area contributed by atoms with E-state index in [0.29, 0.717) is 6.42 Å². The van der Waals surface area contributed by atoms with Crippen LogP contribution in [0, 0.1) is 24.0 Å². The predicted molar refractivity (Wildman–Crippen MR) is 107 cm³/mol. The van der Waals surface area contributed by atoms with Crippen molar-refractivity contribution >= 4 is 17.3 Å². The first-order chi connectivity index (χ1) is 13.4. The number of nitrogens with one attached hydrogen (secondary N) is 1. The van der Waals surface area contributed by atoms with Crippen molar-refractivity contribution in [3.63, 3.8) is 0 Å². The Labute approximate surface area is 175 Å². The highest BCUT2D eigenvalue weighted by atomic mass is 35.5. The third-order valence-corrected chi connectivity index (χ3v) is 4.51. The second-order valence-corrected chi connectivity index (χ2v) is 6.85. The highest BCUT2D eigenvalue weighted by Crippen LogP contribution is 2.16. The lowest BCUT2D eigenvalue weighted by atomic mass is 10.1. The molecule has 0 saturated carbocycles. The Balaban J connectivity index is 0.00000300. The fourth-order valence-electron chi connectivity index (χ4n) is 2.91. The van der Waals surface area contributed by atoms with Crippen LogP contribution in [0.3, 0.4) is 0 Å². The van der Waals surface area contributed by atoms with E-state index in [9.17, 15) is 14.9 Å². The van der Waals surface area contributed by atoms with Gasteiger partial charge in [0.2, 0.25) is 6.54 Å². The van der Waals surface area contributed by atoms with E-state index in [1.165, 1.54) is 12.1 Å². The van der Waals surface area contributed by atoms with Crippen molar-refractivity contribution in [3.8, 4) is 0 Å². The monoisotopic (exact) mass is 411 g/mol. The third kappa shape index (κ3) is 6.12. The summed E-state index contributed by atoms with van der Waals surface area (Å²) in [5.41, 5.74) is 5.12. The van der Waals surface area contributed by atoms with Gasteiger partial charge in [0.1, 0.15) is 0 Å². The zero-order chi connectivity index (χ0) is 20.1. The van der Waals surface area contributed by atoms with Gasteiger partial charge in [0.05, 0.1) is 4.92 Å². The summed E-state index contributed by atoms with van der Waals surface area (Å²) in [6, 6.07) is 16.4. The van der Waals surface area contributed by atoms with Crippen molar-refractivity contribution in [1.82, 2.24) is 0 Å². The lowest BCUT2D eigenvalue weighted by Gasteiger charge is -2.08. The van der Waals surface area contributed by atoms with Crippen molar-refractivity contribution in [3.05, 3.63) is 99.4 Å². The molecule has 1 N–H and O–H groups in total. The zero-order valence-electron chi connectivity index (χ0n) is 16.3. The molecule has 0 radical (unpaired) electrons. The molecule has 29 heavy (non-hydrogen) atoms. The number of rotatable bonds is 6. The number of carbonyl (C=O) groups is 1. The molecule has 0 aliphatic heterocycles. The smallest absolute Gasteiger partial charge is 0.290 e. The first-order valence-electron chi connectivity index (χ1n) is 8.99. The van der Waals surface area contributed by atoms with Gasteiger partial charge < -0.3 is 17.7 Å². The van der Waals surface area contributed by atoms with Gasteiger partial charge in [-0.2, -0.15) is 4.57 Å². The van der Waals surface area contributed by atoms with Crippen LogP contribution >= 0.6 is 0 Å². The molecule has 0 aliphatic rings. The molecular formula is C22H22ClN3O3. The number of carbonyl (C=O) groups excluding carboxylic acids is 1. The van der Waals surface area contributed by atoms with Crippen LogP contribution in [0.25, 0.3) is 0 Å². The van der Waals surface area contributed by atoms with Gasteiger partial charge in [-0.1, -0.05) is 24.3 Å². The standard InChI is InChI=1S/C22H21N3O3.ClH/c1-16-3-4-17(2)21(13-16)23-22(26)15-24-11-9-19(10-12-24)14-18-5-7-20(8-6-18)25(27)28;/h3-13H,14-15H2,1-2H3;1H. The normalized spacial score (nSPS) is 10.1. The minimum Gasteiger partial charge on any atom is -1.00 e. The van der Waals surface area contributed by atoms with Gasteiger partial charge in [-0.25, -0.2) is 0 Å². The summed E-state index contributed by atoms with van der Waals surface area (Å²) >= 11 is 0. The van der Waals surface area contributed by atoms with Crippen LogP contribution in [-0.4, -0.2) is 10.8 Å². The van der Waals surface area contributed by atoms with Crippen LogP contribution in [0.5, 0.6) is 0 Å². The molecule has 1 amide bonds. The number of hydrogen-bond acceptors (Lipinski definition) is 3. The Morgan fingerprint density at radius 2 is 1.62 bits per heavy atom. The lowest BCUT2D eigenvalue weighted by molar-refractivity contribution is -0.684. The molecule has 0 bridgehead atoms. The molecule has 150 valence electrons. The Morgan fingerprint density at radius 1 is 1.00 bits per heavy atom. The van der Waals surface area contributed by atoms with Crippen molar-refractivity contribution in [2.45, 2.75) is 26.8 Å². The molecule has 0 unspecified atom stereocenters. The second-order valence-electron chi connectivity index (χ2n) is 6.85. The van der Waals surface area contributed by atoms with Crippen LogP contribution in [0.2, 0.25) is 0 Å². The number of pyridine rings is 1. The molecule has 0 fully saturated rings. The molecule has 1 aromatic heterocycles. The summed E-state index contributed by atoms with van der Waals surface area (Å²) in [6.07, 6.45) is 4.40. The highest BCUT2D eigenvalue weighted by molar-refractivity contribution is 5.90. The zero-order valence-corrected chi connectivity index (χ0v) is 17.0. The molecule has 1 heterocycles. The number of amides is 1. The number of nitrogens with zero attached hydrogens (tertiary/aromatic N) is 2. The van der Waals surface area contributed by atoms with Crippen LogP contribution in [0.4, 0.5) is 11.4 Å². The summed E-state index contributed by atoms with van der Waals surface area (Å²) in [5, 5.41) is 13.7. The molecule has 0 atom stereocenters. The Bertz CT molecular complexity index is 1000. The molecule has 0 saturated heterocycles. The van der Waals surface area contributed by atoms with Gasteiger partial charge in [0.15, 0.2) is 12.4 Å². The van der Waals surface area contributed by atoms with Gasteiger partial charge >= 0.3 is 0 Å². The fourth-order valence-corrected chi connectivity index (χ4v) is 2.91. The van der Waals surface area contributed by atoms with E-state index in [1.54, 1.807) is 12.1 Å². The van der Waals surface area contributed by atoms with Gasteiger partial charge in [-0.05, 0) is 48.6 Å². The Kier molecular flexibility index (Phi) is 7.45. The molecular weight excluding hydrogens is 390 g/mol. The number of anilines is 1. The highest BCUT2D eigenvalue weighted by Gasteiger charge is 2.11. The van der Waals surface area contributed by atoms with E-state index in [4.69, 9.17) is 0 Å². The minimum absolute atomic E-state index is 0. The molecule has 6 nitrogen and oxygen atoms in total. The summed E-state index contributed by atoms with van der Waals surface area (Å²) < 4.78 is 1.82. The van der Waals surface area contributed by atoms with E-state index in [0.717, 1.165) is 27.9 Å². The maximum atomic E-state index is 12.3. The largest absolute Gasteiger partial charge is 1.00 e. The number of benzene rings is 2. The minimum atomic E-state index is -0.404. The summed E-state index contributed by atoms with van der Waals surface area (Å²) in [4.78, 5) is 22.6. The number of aromatic nitrogens is 1. The van der Waals surface area contributed by atoms with Crippen molar-refractivity contribution < 1.29 is 26.7 Å². The van der Waals surface area contributed by atoms with E-state index in [2.05, 4.69) is 5.32 Å². The number of halogens is 1. The first-order valence-corrected chi connectivity index (χ1v) is 8.99. The maximum absolute atomic E-state index is 12.3. The predicted octanol–water partition coefficient (Wildman–Crippen LogP) is 0.733. The second kappa shape index (κ2) is 9.80. The fraction of sp³-hybridized carbons (Fsp3) is 0.182. The van der Waals surface area contributed by atoms with Crippen LogP contribution < -0.4 is 22.3 Å². The van der Waals surface area contributed by atoms with Crippen LogP contribution in [-0.2, 0) is 17.8 Å². The summed E-state index contributed by atoms with van der Waals surface area (Å²) in [7, 11) is 0. The quantitative estimate of drug-likeness (QED) is 0.369. The average Bonchev–Trinajstić information content (AvgIpc) is 2.67. The summed E-state index contributed by atoms with van der Waals surface area (Å²) in [5.74, 6) is -0.0816. The number of nitro benzene ring substituents is 1. The molecule has 0 aliphatic carbocycles. The summed E-state index contributed by atoms with van der Waals surface area (Å²) in [6.45, 7) is 4.19. The Morgan fingerprint density at radius 3 is 2.24 bits per heavy atom. The molecule has 3 rings (SSSR count). The van der Waals surface area contributed by atoms with Crippen molar-refractivity contribution in [1.29, 1.82) is 0 Å². The topological polar surface area (TPSA) is 76.1 Å². The van der Waals surface area contributed by atoms with E-state index in [-0.39, 0.29) is 30.5 Å². The van der Waals surface area contributed by atoms with E-state index >= 15 is 0 Å². The lowest BCUT2D eigenvalue weighted by Crippen LogP contribution is -3.00. The van der Waals surface area contributed by atoms with Gasteiger partial charge in [-0.3, -0.25) is 14.9 Å². The molecule has 3 aromatic rings. The van der Waals surface area contributed by atoms with E-state index in [1.807, 2.05) is 61.1 Å². The molecule has 2 aromatic carbocycles. The number of non-ortho nitro benzene ring substituents is 1. The maximum Gasteiger partial charge on any atom is 0.290 e. The van der Waals surface area contributed by atoms with Gasteiger partial charge in [0.25, 0.3) is 11.6 Å². The van der Waals surface area contributed by atoms with Crippen LogP contribution in [0.15, 0.2) is 67.0 Å². The van der Waals surface area contributed by atoms with Crippen LogP contribution in [0.1, 0.15) is 22.3 Å². The van der Waals surface area contributed by atoms with Crippen molar-refractivity contribution in [2.24, 2.45) is 0 Å². The SMILES string of the molecule is Cc1ccc(C)c(NC(=O)C[n+]2ccc(Cc3ccc([N+](=O)[O-])cc3)cc2)c1.[Cl-]. The first kappa shape index (κ1) is 22.0. The molecule has 0 spiro atoms. The number of hydrogen-bond donors (Lipinski definition) is 1. The van der Waals surface area contributed by atoms with Gasteiger partial charge in [-0.15, -0.1) is 0 Å². The average molecular weight is 412 g/mol. The Hall–Kier alpha value is -3.25. The molecule has 7 heteroatoms. The number of aryl methyl sites for hydroxylation is 2. The third-order valence-electron chi connectivity index (χ3n) is 4.51. The van der Waals surface area contributed by atoms with E-state index < -0.39 is 4.92 Å². The van der Waals surface area contributed by atoms with Crippen molar-refractivity contribution in [2.75, 3.05) is 5.32 Å². The van der Waals surface area contributed by atoms with Gasteiger partial charge in [0, 0.05) is 30.0 Å².